The van der Waals surface area contributed by atoms with Crippen LogP contribution in [-0.4, -0.2) is 80.5 Å². The molecule has 0 saturated carbocycles. The molecule has 3 aromatic rings. The van der Waals surface area contributed by atoms with Crippen LogP contribution in [0.5, 0.6) is 5.88 Å². The zero-order valence-electron chi connectivity index (χ0n) is 25.1. The van der Waals surface area contributed by atoms with Gasteiger partial charge in [0.05, 0.1) is 38.1 Å². The number of rotatable bonds is 8. The highest BCUT2D eigenvalue weighted by Gasteiger charge is 2.32. The fourth-order valence-corrected chi connectivity index (χ4v) is 4.82. The minimum Gasteiger partial charge on any atom is -0.478 e. The van der Waals surface area contributed by atoms with E-state index >= 15 is 0 Å². The van der Waals surface area contributed by atoms with Crippen molar-refractivity contribution in [1.82, 2.24) is 29.8 Å². The van der Waals surface area contributed by atoms with Crippen LogP contribution < -0.4 is 15.0 Å². The molecule has 0 aliphatic carbocycles. The van der Waals surface area contributed by atoms with Crippen LogP contribution in [0.3, 0.4) is 0 Å². The van der Waals surface area contributed by atoms with Crippen molar-refractivity contribution in [2.45, 2.75) is 72.1 Å². The lowest BCUT2D eigenvalue weighted by molar-refractivity contribution is 0.0220. The molecule has 1 unspecified atom stereocenters. The van der Waals surface area contributed by atoms with Gasteiger partial charge in [-0.15, -0.1) is 0 Å². The molecule has 2 aliphatic heterocycles. The number of aromatic nitrogens is 5. The molecule has 5 rings (SSSR count). The minimum atomic E-state index is -0.571. The van der Waals surface area contributed by atoms with E-state index in [1.165, 1.54) is 0 Å². The van der Waals surface area contributed by atoms with Crippen molar-refractivity contribution >= 4 is 23.7 Å². The Morgan fingerprint density at radius 1 is 1.14 bits per heavy atom. The molecule has 0 spiro atoms. The van der Waals surface area contributed by atoms with Crippen LogP contribution >= 0.6 is 0 Å². The summed E-state index contributed by atoms with van der Waals surface area (Å²) in [6.07, 6.45) is 5.71. The van der Waals surface area contributed by atoms with E-state index in [2.05, 4.69) is 39.0 Å². The molecule has 5 heterocycles. The Kier molecular flexibility index (Phi) is 9.00. The van der Waals surface area contributed by atoms with Gasteiger partial charge in [0, 0.05) is 42.7 Å². The van der Waals surface area contributed by atoms with Gasteiger partial charge < -0.3 is 29.3 Å². The molecule has 2 aliphatic rings. The van der Waals surface area contributed by atoms with E-state index in [0.717, 1.165) is 42.0 Å². The minimum absolute atomic E-state index is 0.168. The third kappa shape index (κ3) is 7.22. The van der Waals surface area contributed by atoms with Crippen LogP contribution in [0.1, 0.15) is 58.7 Å². The second kappa shape index (κ2) is 12.8. The van der Waals surface area contributed by atoms with Gasteiger partial charge in [-0.25, -0.2) is 24.7 Å². The summed E-state index contributed by atoms with van der Waals surface area (Å²) in [5.74, 6) is 2.95. The van der Waals surface area contributed by atoms with Crippen molar-refractivity contribution in [1.29, 1.82) is 0 Å². The standard InChI is InChI=1S/C30H40N8O4/c1-6-7-15-41-25-10-12-31-28(35-25)34-24-9-8-21(17-32-24)26-33-23-18-37(29(39)42-30(3,4)5)13-11-22(23)27(36-26)38-14-16-40-19-20(38)2/h8-10,12,17,20H,6-7,11,13-16,18-19H2,1-5H3,(H,31,32,34,35). The Morgan fingerprint density at radius 2 is 2.00 bits per heavy atom. The van der Waals surface area contributed by atoms with Crippen LogP contribution in [0.4, 0.5) is 22.4 Å². The molecule has 0 bridgehead atoms. The van der Waals surface area contributed by atoms with Gasteiger partial charge in [0.25, 0.3) is 0 Å². The van der Waals surface area contributed by atoms with Gasteiger partial charge in [0.15, 0.2) is 5.82 Å². The maximum absolute atomic E-state index is 12.9. The van der Waals surface area contributed by atoms with Gasteiger partial charge in [-0.2, -0.15) is 4.98 Å². The highest BCUT2D eigenvalue weighted by atomic mass is 16.6. The zero-order chi connectivity index (χ0) is 29.7. The normalized spacial score (nSPS) is 17.0. The molecule has 1 atom stereocenters. The van der Waals surface area contributed by atoms with Gasteiger partial charge in [-0.1, -0.05) is 13.3 Å². The number of carbonyl (C=O) groups excluding carboxylic acids is 1. The SMILES string of the molecule is CCCCOc1ccnc(Nc2ccc(-c3nc4c(c(N5CCOCC5C)n3)CCN(C(=O)OC(C)(C)C)C4)cn2)n1. The Labute approximate surface area is 246 Å². The molecular formula is C30H40N8O4. The summed E-state index contributed by atoms with van der Waals surface area (Å²) in [7, 11) is 0. The smallest absolute Gasteiger partial charge is 0.410 e. The van der Waals surface area contributed by atoms with E-state index in [4.69, 9.17) is 24.2 Å². The molecule has 12 nitrogen and oxygen atoms in total. The predicted molar refractivity (Wildman–Crippen MR) is 159 cm³/mol. The fraction of sp³-hybridized carbons (Fsp3) is 0.533. The first kappa shape index (κ1) is 29.4. The molecule has 3 aromatic heterocycles. The fourth-order valence-electron chi connectivity index (χ4n) is 4.82. The lowest BCUT2D eigenvalue weighted by atomic mass is 10.0. The molecule has 1 fully saturated rings. The summed E-state index contributed by atoms with van der Waals surface area (Å²) < 4.78 is 17.0. The summed E-state index contributed by atoms with van der Waals surface area (Å²) in [5, 5.41) is 3.13. The number of nitrogens with zero attached hydrogens (tertiary/aromatic N) is 7. The van der Waals surface area contributed by atoms with E-state index in [-0.39, 0.29) is 12.1 Å². The van der Waals surface area contributed by atoms with Crippen LogP contribution in [0, 0.1) is 0 Å². The van der Waals surface area contributed by atoms with Crippen LogP contribution in [0.2, 0.25) is 0 Å². The van der Waals surface area contributed by atoms with Gasteiger partial charge >= 0.3 is 6.09 Å². The lowest BCUT2D eigenvalue weighted by Crippen LogP contribution is -2.46. The third-order valence-electron chi connectivity index (χ3n) is 6.97. The van der Waals surface area contributed by atoms with Crippen molar-refractivity contribution in [3.8, 4) is 17.3 Å². The second-order valence-electron chi connectivity index (χ2n) is 11.5. The highest BCUT2D eigenvalue weighted by Crippen LogP contribution is 2.32. The van der Waals surface area contributed by atoms with Gasteiger partial charge in [0.1, 0.15) is 17.2 Å². The quantitative estimate of drug-likeness (QED) is 0.373. The van der Waals surface area contributed by atoms with Crippen molar-refractivity contribution in [2.75, 3.05) is 43.1 Å². The van der Waals surface area contributed by atoms with Crippen LogP contribution in [0.15, 0.2) is 30.6 Å². The van der Waals surface area contributed by atoms with E-state index in [1.54, 1.807) is 23.4 Å². The first-order valence-electron chi connectivity index (χ1n) is 14.6. The second-order valence-corrected chi connectivity index (χ2v) is 11.5. The largest absolute Gasteiger partial charge is 0.478 e. The topological polar surface area (TPSA) is 128 Å². The third-order valence-corrected chi connectivity index (χ3v) is 6.97. The first-order chi connectivity index (χ1) is 20.2. The Morgan fingerprint density at radius 3 is 2.74 bits per heavy atom. The summed E-state index contributed by atoms with van der Waals surface area (Å²) in [5.41, 5.74) is 2.08. The average molecular weight is 577 g/mol. The van der Waals surface area contributed by atoms with Crippen molar-refractivity contribution < 1.29 is 19.0 Å². The Balaban J connectivity index is 1.40. The molecule has 0 aromatic carbocycles. The summed E-state index contributed by atoms with van der Waals surface area (Å²) in [6.45, 7) is 13.4. The highest BCUT2D eigenvalue weighted by molar-refractivity contribution is 5.70. The maximum Gasteiger partial charge on any atom is 0.410 e. The number of hydrogen-bond acceptors (Lipinski definition) is 11. The van der Waals surface area contributed by atoms with E-state index in [9.17, 15) is 4.79 Å². The number of unbranched alkanes of at least 4 members (excludes halogenated alkanes) is 1. The summed E-state index contributed by atoms with van der Waals surface area (Å²) in [4.78, 5) is 40.1. The van der Waals surface area contributed by atoms with Gasteiger partial charge in [-0.3, -0.25) is 0 Å². The van der Waals surface area contributed by atoms with Crippen molar-refractivity contribution in [3.63, 3.8) is 0 Å². The molecular weight excluding hydrogens is 536 g/mol. The number of nitrogens with one attached hydrogen (secondary N) is 1. The summed E-state index contributed by atoms with van der Waals surface area (Å²) >= 11 is 0. The molecule has 12 heteroatoms. The molecule has 1 saturated heterocycles. The van der Waals surface area contributed by atoms with Gasteiger partial charge in [0.2, 0.25) is 11.8 Å². The number of anilines is 3. The van der Waals surface area contributed by atoms with Crippen LogP contribution in [0.25, 0.3) is 11.4 Å². The average Bonchev–Trinajstić information content (AvgIpc) is 2.96. The van der Waals surface area contributed by atoms with Gasteiger partial charge in [-0.05, 0) is 52.7 Å². The molecule has 1 amide bonds. The monoisotopic (exact) mass is 576 g/mol. The van der Waals surface area contributed by atoms with E-state index in [0.29, 0.717) is 62.8 Å². The number of morpholine rings is 1. The number of carbonyl (C=O) groups is 1. The van der Waals surface area contributed by atoms with E-state index < -0.39 is 5.60 Å². The zero-order valence-corrected chi connectivity index (χ0v) is 25.1. The predicted octanol–water partition coefficient (Wildman–Crippen LogP) is 4.77. The lowest BCUT2D eigenvalue weighted by Gasteiger charge is -2.38. The molecule has 42 heavy (non-hydrogen) atoms. The number of hydrogen-bond donors (Lipinski definition) is 1. The molecule has 1 N–H and O–H groups in total. The molecule has 0 radical (unpaired) electrons. The number of amides is 1. The summed E-state index contributed by atoms with van der Waals surface area (Å²) in [6, 6.07) is 5.66. The number of pyridine rings is 1. The van der Waals surface area contributed by atoms with Crippen molar-refractivity contribution in [2.24, 2.45) is 0 Å². The van der Waals surface area contributed by atoms with Crippen LogP contribution in [-0.2, 0) is 22.4 Å². The molecule has 224 valence electrons. The van der Waals surface area contributed by atoms with E-state index in [1.807, 2.05) is 32.9 Å². The first-order valence-corrected chi connectivity index (χ1v) is 14.6. The Bertz CT molecular complexity index is 1380. The number of fused-ring (bicyclic) bond motifs is 1. The Hall–Kier alpha value is -4.06. The van der Waals surface area contributed by atoms with Crippen molar-refractivity contribution in [3.05, 3.63) is 41.9 Å². The maximum atomic E-state index is 12.9. The number of ether oxygens (including phenoxy) is 3.